The zero-order valence-electron chi connectivity index (χ0n) is 12.2. The van der Waals surface area contributed by atoms with Gasteiger partial charge in [-0.1, -0.05) is 39.0 Å². The molecule has 0 radical (unpaired) electrons. The number of nitrogens with one attached hydrogen (secondary N) is 1. The van der Waals surface area contributed by atoms with Crippen LogP contribution in [0.5, 0.6) is 0 Å². The molecule has 18 heavy (non-hydrogen) atoms. The van der Waals surface area contributed by atoms with Crippen molar-refractivity contribution in [1.29, 1.82) is 0 Å². The highest BCUT2D eigenvalue weighted by atomic mass is 15.2. The van der Waals surface area contributed by atoms with Crippen molar-refractivity contribution in [2.75, 3.05) is 24.5 Å². The fourth-order valence-corrected chi connectivity index (χ4v) is 2.71. The molecule has 1 aliphatic heterocycles. The third kappa shape index (κ3) is 3.05. The van der Waals surface area contributed by atoms with E-state index in [-0.39, 0.29) is 5.41 Å². The topological polar surface area (TPSA) is 15.3 Å². The van der Waals surface area contributed by atoms with Gasteiger partial charge in [0, 0.05) is 24.8 Å². The molecular weight excluding hydrogens is 220 g/mol. The van der Waals surface area contributed by atoms with E-state index < -0.39 is 0 Å². The molecule has 1 heterocycles. The van der Waals surface area contributed by atoms with Gasteiger partial charge in [0.2, 0.25) is 0 Å². The minimum atomic E-state index is 0.208. The van der Waals surface area contributed by atoms with Gasteiger partial charge < -0.3 is 10.2 Å². The Morgan fingerprint density at radius 2 is 1.94 bits per heavy atom. The molecule has 100 valence electrons. The summed E-state index contributed by atoms with van der Waals surface area (Å²) in [5.74, 6) is 0. The molecule has 1 aliphatic rings. The summed E-state index contributed by atoms with van der Waals surface area (Å²) in [5.41, 5.74) is 3.08. The van der Waals surface area contributed by atoms with E-state index in [2.05, 4.69) is 62.2 Å². The Kier molecular flexibility index (Phi) is 3.96. The first-order chi connectivity index (χ1) is 8.48. The molecule has 0 amide bonds. The van der Waals surface area contributed by atoms with Crippen molar-refractivity contribution < 1.29 is 0 Å². The highest BCUT2D eigenvalue weighted by molar-refractivity contribution is 5.56. The molecule has 1 unspecified atom stereocenters. The second-order valence-electron chi connectivity index (χ2n) is 6.42. The van der Waals surface area contributed by atoms with Crippen LogP contribution in [0.3, 0.4) is 0 Å². The average molecular weight is 246 g/mol. The van der Waals surface area contributed by atoms with Gasteiger partial charge in [-0.25, -0.2) is 0 Å². The standard InChI is InChI=1S/C16H26N2/c1-13-12-18(11-7-10-17-13)15-9-6-5-8-14(15)16(2,3)4/h5-6,8-9,13,17H,7,10-12H2,1-4H3. The van der Waals surface area contributed by atoms with Gasteiger partial charge in [-0.3, -0.25) is 0 Å². The molecule has 0 saturated carbocycles. The highest BCUT2D eigenvalue weighted by Gasteiger charge is 2.22. The summed E-state index contributed by atoms with van der Waals surface area (Å²) in [6.45, 7) is 12.6. The lowest BCUT2D eigenvalue weighted by Crippen LogP contribution is -2.36. The van der Waals surface area contributed by atoms with Gasteiger partial charge in [0.05, 0.1) is 0 Å². The Labute approximate surface area is 111 Å². The lowest BCUT2D eigenvalue weighted by molar-refractivity contribution is 0.573. The van der Waals surface area contributed by atoms with Gasteiger partial charge in [-0.15, -0.1) is 0 Å². The number of hydrogen-bond acceptors (Lipinski definition) is 2. The Morgan fingerprint density at radius 1 is 1.22 bits per heavy atom. The number of para-hydroxylation sites is 1. The molecule has 0 spiro atoms. The maximum Gasteiger partial charge on any atom is 0.0404 e. The molecule has 0 aliphatic carbocycles. The average Bonchev–Trinajstić information content (AvgIpc) is 2.53. The van der Waals surface area contributed by atoms with Crippen LogP contribution in [0.15, 0.2) is 24.3 Å². The predicted octanol–water partition coefficient (Wildman–Crippen LogP) is 3.17. The highest BCUT2D eigenvalue weighted by Crippen LogP contribution is 2.32. The van der Waals surface area contributed by atoms with E-state index in [0.717, 1.165) is 19.6 Å². The molecule has 1 saturated heterocycles. The normalized spacial score (nSPS) is 21.8. The molecule has 1 aromatic rings. The van der Waals surface area contributed by atoms with E-state index in [9.17, 15) is 0 Å². The summed E-state index contributed by atoms with van der Waals surface area (Å²) in [7, 11) is 0. The van der Waals surface area contributed by atoms with Crippen molar-refractivity contribution in [2.45, 2.75) is 45.6 Å². The first-order valence-corrected chi connectivity index (χ1v) is 7.06. The summed E-state index contributed by atoms with van der Waals surface area (Å²) >= 11 is 0. The summed E-state index contributed by atoms with van der Waals surface area (Å²) < 4.78 is 0. The summed E-state index contributed by atoms with van der Waals surface area (Å²) in [6, 6.07) is 9.44. The van der Waals surface area contributed by atoms with Crippen molar-refractivity contribution in [1.82, 2.24) is 5.32 Å². The fourth-order valence-electron chi connectivity index (χ4n) is 2.71. The van der Waals surface area contributed by atoms with E-state index in [1.165, 1.54) is 17.7 Å². The molecule has 1 aromatic carbocycles. The van der Waals surface area contributed by atoms with Gasteiger partial charge in [0.1, 0.15) is 0 Å². The largest absolute Gasteiger partial charge is 0.370 e. The molecule has 1 N–H and O–H groups in total. The van der Waals surface area contributed by atoms with Crippen LogP contribution in [0, 0.1) is 0 Å². The van der Waals surface area contributed by atoms with Gasteiger partial charge in [-0.05, 0) is 36.9 Å². The molecule has 2 rings (SSSR count). The molecule has 0 aromatic heterocycles. The quantitative estimate of drug-likeness (QED) is 0.819. The monoisotopic (exact) mass is 246 g/mol. The lowest BCUT2D eigenvalue weighted by atomic mass is 9.85. The smallest absolute Gasteiger partial charge is 0.0404 e. The van der Waals surface area contributed by atoms with E-state index in [0.29, 0.717) is 6.04 Å². The number of hydrogen-bond donors (Lipinski definition) is 1. The summed E-state index contributed by atoms with van der Waals surface area (Å²) in [6.07, 6.45) is 1.23. The maximum absolute atomic E-state index is 3.56. The van der Waals surface area contributed by atoms with Crippen LogP contribution in [-0.2, 0) is 5.41 Å². The fraction of sp³-hybridized carbons (Fsp3) is 0.625. The van der Waals surface area contributed by atoms with Gasteiger partial charge >= 0.3 is 0 Å². The molecule has 1 atom stereocenters. The third-order valence-corrected chi connectivity index (χ3v) is 3.64. The van der Waals surface area contributed by atoms with Crippen LogP contribution in [0.4, 0.5) is 5.69 Å². The Bertz CT molecular complexity index is 392. The first-order valence-electron chi connectivity index (χ1n) is 7.06. The Hall–Kier alpha value is -1.02. The second kappa shape index (κ2) is 5.31. The van der Waals surface area contributed by atoms with Crippen LogP contribution < -0.4 is 10.2 Å². The van der Waals surface area contributed by atoms with Gasteiger partial charge in [0.15, 0.2) is 0 Å². The Balaban J connectivity index is 2.32. The van der Waals surface area contributed by atoms with Crippen molar-refractivity contribution in [3.05, 3.63) is 29.8 Å². The minimum Gasteiger partial charge on any atom is -0.370 e. The van der Waals surface area contributed by atoms with Crippen molar-refractivity contribution >= 4 is 5.69 Å². The minimum absolute atomic E-state index is 0.208. The zero-order valence-corrected chi connectivity index (χ0v) is 12.2. The van der Waals surface area contributed by atoms with E-state index >= 15 is 0 Å². The molecule has 0 bridgehead atoms. The van der Waals surface area contributed by atoms with Crippen LogP contribution in [-0.4, -0.2) is 25.7 Å². The lowest BCUT2D eigenvalue weighted by Gasteiger charge is -2.31. The number of benzene rings is 1. The van der Waals surface area contributed by atoms with Crippen LogP contribution >= 0.6 is 0 Å². The van der Waals surface area contributed by atoms with E-state index in [1.807, 2.05) is 0 Å². The summed E-state index contributed by atoms with van der Waals surface area (Å²) in [5, 5.41) is 3.56. The van der Waals surface area contributed by atoms with Crippen molar-refractivity contribution in [2.24, 2.45) is 0 Å². The molecular formula is C16H26N2. The first kappa shape index (κ1) is 13.4. The van der Waals surface area contributed by atoms with Gasteiger partial charge in [0.25, 0.3) is 0 Å². The second-order valence-corrected chi connectivity index (χ2v) is 6.42. The van der Waals surface area contributed by atoms with Crippen molar-refractivity contribution in [3.63, 3.8) is 0 Å². The van der Waals surface area contributed by atoms with E-state index in [4.69, 9.17) is 0 Å². The van der Waals surface area contributed by atoms with E-state index in [1.54, 1.807) is 0 Å². The number of anilines is 1. The Morgan fingerprint density at radius 3 is 2.67 bits per heavy atom. The SMILES string of the molecule is CC1CN(c2ccccc2C(C)(C)C)CCCN1. The summed E-state index contributed by atoms with van der Waals surface area (Å²) in [4.78, 5) is 2.55. The molecule has 2 heteroatoms. The van der Waals surface area contributed by atoms with Gasteiger partial charge in [-0.2, -0.15) is 0 Å². The number of nitrogens with zero attached hydrogens (tertiary/aromatic N) is 1. The maximum atomic E-state index is 3.56. The molecule has 2 nitrogen and oxygen atoms in total. The predicted molar refractivity (Wildman–Crippen MR) is 79.4 cm³/mol. The van der Waals surface area contributed by atoms with Crippen LogP contribution in [0.2, 0.25) is 0 Å². The van der Waals surface area contributed by atoms with Crippen molar-refractivity contribution in [3.8, 4) is 0 Å². The van der Waals surface area contributed by atoms with Crippen LogP contribution in [0.25, 0.3) is 0 Å². The zero-order chi connectivity index (χ0) is 13.2. The number of rotatable bonds is 1. The van der Waals surface area contributed by atoms with Crippen LogP contribution in [0.1, 0.15) is 39.7 Å². The third-order valence-electron chi connectivity index (χ3n) is 3.64. The molecule has 1 fully saturated rings.